The van der Waals surface area contributed by atoms with Gasteiger partial charge in [0.15, 0.2) is 0 Å². The highest BCUT2D eigenvalue weighted by Gasteiger charge is 2.16. The molecule has 0 aromatic carbocycles. The van der Waals surface area contributed by atoms with Gasteiger partial charge in [-0.15, -0.1) is 11.3 Å². The summed E-state index contributed by atoms with van der Waals surface area (Å²) >= 11 is 1.91. The highest BCUT2D eigenvalue weighted by atomic mass is 32.1. The predicted molar refractivity (Wildman–Crippen MR) is 87.6 cm³/mol. The summed E-state index contributed by atoms with van der Waals surface area (Å²) in [5.41, 5.74) is 1.31. The van der Waals surface area contributed by atoms with E-state index in [-0.39, 0.29) is 0 Å². The first-order valence-corrected chi connectivity index (χ1v) is 8.82. The van der Waals surface area contributed by atoms with Gasteiger partial charge in [-0.05, 0) is 31.8 Å². The Hall–Kier alpha value is -0.450. The second-order valence-electron chi connectivity index (χ2n) is 6.41. The second-order valence-corrected chi connectivity index (χ2v) is 7.57. The van der Waals surface area contributed by atoms with Crippen LogP contribution in [0.5, 0.6) is 0 Å². The summed E-state index contributed by atoms with van der Waals surface area (Å²) in [7, 11) is 0. The van der Waals surface area contributed by atoms with Crippen molar-refractivity contribution >= 4 is 11.3 Å². The Morgan fingerprint density at radius 3 is 2.50 bits per heavy atom. The predicted octanol–water partition coefficient (Wildman–Crippen LogP) is 3.40. The van der Waals surface area contributed by atoms with E-state index in [4.69, 9.17) is 4.98 Å². The van der Waals surface area contributed by atoms with E-state index >= 15 is 0 Å². The van der Waals surface area contributed by atoms with Gasteiger partial charge in [0, 0.05) is 30.4 Å². The van der Waals surface area contributed by atoms with Crippen molar-refractivity contribution in [3.63, 3.8) is 0 Å². The average Bonchev–Trinajstić information content (AvgIpc) is 3.03. The maximum atomic E-state index is 4.90. The molecule has 4 heteroatoms. The molecule has 0 atom stereocenters. The van der Waals surface area contributed by atoms with Crippen LogP contribution in [0, 0.1) is 0 Å². The number of hydrogen-bond acceptors (Lipinski definition) is 4. The Bertz CT molecular complexity index is 406. The maximum Gasteiger partial charge on any atom is 0.0944 e. The van der Waals surface area contributed by atoms with E-state index in [1.54, 1.807) is 0 Å². The zero-order chi connectivity index (χ0) is 14.5. The van der Waals surface area contributed by atoms with Gasteiger partial charge in [-0.1, -0.05) is 27.7 Å². The van der Waals surface area contributed by atoms with Crippen LogP contribution in [0.2, 0.25) is 0 Å². The van der Waals surface area contributed by atoms with Crippen LogP contribution in [0.3, 0.4) is 0 Å². The first kappa shape index (κ1) is 15.9. The van der Waals surface area contributed by atoms with Crippen LogP contribution in [0.25, 0.3) is 0 Å². The topological polar surface area (TPSA) is 28.2 Å². The molecule has 0 radical (unpaired) electrons. The molecule has 1 saturated heterocycles. The number of likely N-dealkylation sites (tertiary alicyclic amines) is 1. The maximum absolute atomic E-state index is 4.90. The molecule has 0 unspecified atom stereocenters. The van der Waals surface area contributed by atoms with Crippen LogP contribution in [0.4, 0.5) is 0 Å². The molecule has 0 bridgehead atoms. The molecule has 2 rings (SSSR count). The van der Waals surface area contributed by atoms with Crippen molar-refractivity contribution in [3.8, 4) is 0 Å². The third-order valence-corrected chi connectivity index (χ3v) is 4.96. The summed E-state index contributed by atoms with van der Waals surface area (Å²) in [6.07, 6.45) is 3.86. The standard InChI is InChI=1S/C16H29N3S/c1-12(2)16-14(11-17-13(3)4)20-15(18-16)7-10-19-8-5-6-9-19/h12-13,17H,5-11H2,1-4H3. The van der Waals surface area contributed by atoms with E-state index in [9.17, 15) is 0 Å². The molecule has 1 fully saturated rings. The van der Waals surface area contributed by atoms with Gasteiger partial charge >= 0.3 is 0 Å². The van der Waals surface area contributed by atoms with E-state index in [2.05, 4.69) is 37.9 Å². The third kappa shape index (κ3) is 4.54. The molecule has 1 aliphatic rings. The summed E-state index contributed by atoms with van der Waals surface area (Å²) in [5, 5.41) is 4.85. The minimum atomic E-state index is 0.524. The quantitative estimate of drug-likeness (QED) is 0.835. The van der Waals surface area contributed by atoms with Crippen molar-refractivity contribution in [1.29, 1.82) is 0 Å². The minimum Gasteiger partial charge on any atom is -0.310 e. The zero-order valence-corrected chi connectivity index (χ0v) is 14.2. The molecule has 1 N–H and O–H groups in total. The lowest BCUT2D eigenvalue weighted by molar-refractivity contribution is 0.343. The largest absolute Gasteiger partial charge is 0.310 e. The Morgan fingerprint density at radius 2 is 1.90 bits per heavy atom. The van der Waals surface area contributed by atoms with Crippen molar-refractivity contribution in [1.82, 2.24) is 15.2 Å². The fraction of sp³-hybridized carbons (Fsp3) is 0.812. The molecule has 1 aromatic heterocycles. The summed E-state index contributed by atoms with van der Waals surface area (Å²) < 4.78 is 0. The molecule has 0 saturated carbocycles. The van der Waals surface area contributed by atoms with Crippen LogP contribution in [0.1, 0.15) is 62.0 Å². The Kier molecular flexibility index (Phi) is 6.00. The number of hydrogen-bond donors (Lipinski definition) is 1. The summed E-state index contributed by atoms with van der Waals surface area (Å²) in [6, 6.07) is 0.533. The molecule has 1 aromatic rings. The highest BCUT2D eigenvalue weighted by molar-refractivity contribution is 7.11. The first-order chi connectivity index (χ1) is 9.56. The van der Waals surface area contributed by atoms with Gasteiger partial charge in [-0.25, -0.2) is 4.98 Å². The molecule has 0 aliphatic carbocycles. The van der Waals surface area contributed by atoms with Crippen LogP contribution < -0.4 is 5.32 Å². The van der Waals surface area contributed by atoms with Crippen molar-refractivity contribution in [2.75, 3.05) is 19.6 Å². The van der Waals surface area contributed by atoms with Crippen LogP contribution >= 0.6 is 11.3 Å². The second kappa shape index (κ2) is 7.53. The van der Waals surface area contributed by atoms with Gasteiger partial charge in [0.1, 0.15) is 0 Å². The van der Waals surface area contributed by atoms with Crippen LogP contribution in [-0.2, 0) is 13.0 Å². The molecule has 20 heavy (non-hydrogen) atoms. The first-order valence-electron chi connectivity index (χ1n) is 8.00. The fourth-order valence-electron chi connectivity index (χ4n) is 2.66. The summed E-state index contributed by atoms with van der Waals surface area (Å²) in [4.78, 5) is 8.91. The van der Waals surface area contributed by atoms with Gasteiger partial charge in [0.2, 0.25) is 0 Å². The SMILES string of the molecule is CC(C)NCc1sc(CCN2CCCC2)nc1C(C)C. The number of aromatic nitrogens is 1. The smallest absolute Gasteiger partial charge is 0.0944 e. The molecule has 3 nitrogen and oxygen atoms in total. The van der Waals surface area contributed by atoms with Crippen molar-refractivity contribution in [3.05, 3.63) is 15.6 Å². The molecular weight excluding hydrogens is 266 g/mol. The number of nitrogens with one attached hydrogen (secondary N) is 1. The van der Waals surface area contributed by atoms with E-state index in [1.165, 1.54) is 48.1 Å². The lowest BCUT2D eigenvalue weighted by atomic mass is 10.1. The molecule has 0 amide bonds. The van der Waals surface area contributed by atoms with E-state index in [1.807, 2.05) is 11.3 Å². The number of rotatable bonds is 7. The summed E-state index contributed by atoms with van der Waals surface area (Å²) in [6.45, 7) is 13.6. The number of nitrogens with zero attached hydrogens (tertiary/aromatic N) is 2. The monoisotopic (exact) mass is 295 g/mol. The van der Waals surface area contributed by atoms with Gasteiger partial charge in [-0.3, -0.25) is 0 Å². The minimum absolute atomic E-state index is 0.524. The van der Waals surface area contributed by atoms with Gasteiger partial charge < -0.3 is 10.2 Å². The van der Waals surface area contributed by atoms with Crippen LogP contribution in [-0.4, -0.2) is 35.6 Å². The zero-order valence-electron chi connectivity index (χ0n) is 13.4. The molecule has 2 heterocycles. The Labute approximate surface area is 127 Å². The van der Waals surface area contributed by atoms with E-state index in [0.717, 1.165) is 13.0 Å². The van der Waals surface area contributed by atoms with E-state index in [0.29, 0.717) is 12.0 Å². The van der Waals surface area contributed by atoms with Gasteiger partial charge in [-0.2, -0.15) is 0 Å². The Balaban J connectivity index is 1.96. The van der Waals surface area contributed by atoms with Crippen molar-refractivity contribution in [2.45, 2.75) is 65.5 Å². The Morgan fingerprint density at radius 1 is 1.20 bits per heavy atom. The average molecular weight is 295 g/mol. The highest BCUT2D eigenvalue weighted by Crippen LogP contribution is 2.26. The lowest BCUT2D eigenvalue weighted by Gasteiger charge is -2.12. The normalized spacial score (nSPS) is 16.7. The van der Waals surface area contributed by atoms with Crippen molar-refractivity contribution in [2.24, 2.45) is 0 Å². The van der Waals surface area contributed by atoms with E-state index < -0.39 is 0 Å². The van der Waals surface area contributed by atoms with Crippen molar-refractivity contribution < 1.29 is 0 Å². The number of thiazole rings is 1. The molecule has 1 aliphatic heterocycles. The van der Waals surface area contributed by atoms with Gasteiger partial charge in [0.05, 0.1) is 10.7 Å². The lowest BCUT2D eigenvalue weighted by Crippen LogP contribution is -2.22. The van der Waals surface area contributed by atoms with Crippen LogP contribution in [0.15, 0.2) is 0 Å². The summed E-state index contributed by atoms with van der Waals surface area (Å²) in [5.74, 6) is 0.524. The van der Waals surface area contributed by atoms with Gasteiger partial charge in [0.25, 0.3) is 0 Å². The molecular formula is C16H29N3S. The third-order valence-electron chi connectivity index (χ3n) is 3.83. The molecule has 114 valence electrons. The molecule has 0 spiro atoms. The fourth-order valence-corrected chi connectivity index (χ4v) is 3.82.